The van der Waals surface area contributed by atoms with E-state index in [4.69, 9.17) is 4.74 Å². The van der Waals surface area contributed by atoms with Crippen molar-refractivity contribution in [2.75, 3.05) is 13.7 Å². The lowest BCUT2D eigenvalue weighted by atomic mass is 9.93. The average molecular weight is 280 g/mol. The Balaban J connectivity index is 1.79. The molecule has 3 aliphatic rings. The van der Waals surface area contributed by atoms with Crippen LogP contribution in [0.2, 0.25) is 0 Å². The van der Waals surface area contributed by atoms with Gasteiger partial charge in [-0.1, -0.05) is 0 Å². The molecular weight excluding hydrogens is 256 g/mol. The van der Waals surface area contributed by atoms with Crippen molar-refractivity contribution >= 4 is 11.8 Å². The van der Waals surface area contributed by atoms with Crippen LogP contribution in [-0.2, 0) is 14.3 Å². The minimum Gasteiger partial charge on any atom is -0.381 e. The Labute approximate surface area is 120 Å². The minimum absolute atomic E-state index is 0.0107. The maximum atomic E-state index is 12.9. The van der Waals surface area contributed by atoms with Gasteiger partial charge in [-0.25, -0.2) is 0 Å². The number of nitrogens with one attached hydrogen (secondary N) is 1. The highest BCUT2D eigenvalue weighted by Crippen LogP contribution is 2.42. The molecule has 0 spiro atoms. The quantitative estimate of drug-likeness (QED) is 0.841. The second-order valence-electron chi connectivity index (χ2n) is 6.60. The lowest BCUT2D eigenvalue weighted by Gasteiger charge is -2.35. The van der Waals surface area contributed by atoms with E-state index in [2.05, 4.69) is 5.32 Å². The highest BCUT2D eigenvalue weighted by atomic mass is 16.5. The maximum absolute atomic E-state index is 12.9. The highest BCUT2D eigenvalue weighted by Gasteiger charge is 2.52. The van der Waals surface area contributed by atoms with Gasteiger partial charge in [0.25, 0.3) is 0 Å². The van der Waals surface area contributed by atoms with Crippen LogP contribution in [0.25, 0.3) is 0 Å². The third-order valence-electron chi connectivity index (χ3n) is 5.21. The monoisotopic (exact) mass is 280 g/mol. The van der Waals surface area contributed by atoms with Gasteiger partial charge in [-0.05, 0) is 44.9 Å². The van der Waals surface area contributed by atoms with Gasteiger partial charge in [0, 0.05) is 26.1 Å². The Bertz CT molecular complexity index is 421. The van der Waals surface area contributed by atoms with Crippen LogP contribution in [0, 0.1) is 5.92 Å². The van der Waals surface area contributed by atoms with Crippen molar-refractivity contribution in [2.24, 2.45) is 5.92 Å². The number of nitrogens with zero attached hydrogens (tertiary/aromatic N) is 1. The van der Waals surface area contributed by atoms with Crippen LogP contribution in [0.3, 0.4) is 0 Å². The SMILES string of the molecule is COC1CCC(N2CCC(=O)NC(C)(C3CC3)C2=O)C1. The van der Waals surface area contributed by atoms with Gasteiger partial charge in [0.1, 0.15) is 5.54 Å². The average Bonchev–Trinajstić information content (AvgIpc) is 3.19. The molecule has 112 valence electrons. The molecule has 5 nitrogen and oxygen atoms in total. The molecule has 0 aromatic carbocycles. The smallest absolute Gasteiger partial charge is 0.248 e. The predicted octanol–water partition coefficient (Wildman–Crippen LogP) is 1.07. The van der Waals surface area contributed by atoms with Crippen LogP contribution in [0.1, 0.15) is 45.4 Å². The molecule has 1 aliphatic heterocycles. The molecule has 3 fully saturated rings. The summed E-state index contributed by atoms with van der Waals surface area (Å²) in [7, 11) is 1.73. The van der Waals surface area contributed by atoms with Gasteiger partial charge >= 0.3 is 0 Å². The van der Waals surface area contributed by atoms with Crippen LogP contribution >= 0.6 is 0 Å². The van der Waals surface area contributed by atoms with Gasteiger partial charge in [-0.15, -0.1) is 0 Å². The van der Waals surface area contributed by atoms with Crippen LogP contribution < -0.4 is 5.32 Å². The van der Waals surface area contributed by atoms with E-state index in [1.54, 1.807) is 7.11 Å². The van der Waals surface area contributed by atoms with Crippen LogP contribution in [0.4, 0.5) is 0 Å². The topological polar surface area (TPSA) is 58.6 Å². The first-order valence-corrected chi connectivity index (χ1v) is 7.69. The minimum atomic E-state index is -0.682. The molecular formula is C15H24N2O3. The molecule has 0 radical (unpaired) electrons. The lowest BCUT2D eigenvalue weighted by Crippen LogP contribution is -2.58. The Morgan fingerprint density at radius 3 is 2.60 bits per heavy atom. The van der Waals surface area contributed by atoms with Gasteiger partial charge in [-0.3, -0.25) is 9.59 Å². The summed E-state index contributed by atoms with van der Waals surface area (Å²) in [4.78, 5) is 26.8. The third kappa shape index (κ3) is 2.32. The molecule has 5 heteroatoms. The molecule has 3 rings (SSSR count). The van der Waals surface area contributed by atoms with Crippen molar-refractivity contribution < 1.29 is 14.3 Å². The molecule has 0 bridgehead atoms. The van der Waals surface area contributed by atoms with Gasteiger partial charge in [-0.2, -0.15) is 0 Å². The fraction of sp³-hybridized carbons (Fsp3) is 0.867. The zero-order valence-electron chi connectivity index (χ0n) is 12.4. The molecule has 3 atom stereocenters. The molecule has 1 saturated heterocycles. The highest BCUT2D eigenvalue weighted by molar-refractivity contribution is 5.94. The fourth-order valence-corrected chi connectivity index (χ4v) is 3.73. The first-order chi connectivity index (χ1) is 9.54. The zero-order chi connectivity index (χ0) is 14.3. The van der Waals surface area contributed by atoms with Gasteiger partial charge in [0.15, 0.2) is 0 Å². The van der Waals surface area contributed by atoms with Crippen LogP contribution in [0.5, 0.6) is 0 Å². The Morgan fingerprint density at radius 2 is 2.00 bits per heavy atom. The molecule has 20 heavy (non-hydrogen) atoms. The molecule has 0 aromatic rings. The Hall–Kier alpha value is -1.10. The normalized spacial score (nSPS) is 38.8. The summed E-state index contributed by atoms with van der Waals surface area (Å²) in [5.41, 5.74) is -0.682. The summed E-state index contributed by atoms with van der Waals surface area (Å²) in [6.07, 6.45) is 5.65. The third-order valence-corrected chi connectivity index (χ3v) is 5.21. The van der Waals surface area contributed by atoms with Crippen molar-refractivity contribution in [3.63, 3.8) is 0 Å². The van der Waals surface area contributed by atoms with E-state index < -0.39 is 5.54 Å². The molecule has 3 unspecified atom stereocenters. The molecule has 0 aromatic heterocycles. The summed E-state index contributed by atoms with van der Waals surface area (Å²) >= 11 is 0. The lowest BCUT2D eigenvalue weighted by molar-refractivity contribution is -0.141. The molecule has 2 saturated carbocycles. The summed E-state index contributed by atoms with van der Waals surface area (Å²) in [5.74, 6) is 0.448. The molecule has 1 heterocycles. The van der Waals surface area contributed by atoms with E-state index in [0.29, 0.717) is 18.9 Å². The van der Waals surface area contributed by atoms with E-state index in [-0.39, 0.29) is 24.0 Å². The number of ether oxygens (including phenoxy) is 1. The number of carbonyl (C=O) groups excluding carboxylic acids is 2. The Kier molecular flexibility index (Phi) is 3.48. The van der Waals surface area contributed by atoms with Gasteiger partial charge in [0.2, 0.25) is 11.8 Å². The second kappa shape index (κ2) is 5.02. The number of rotatable bonds is 3. The second-order valence-corrected chi connectivity index (χ2v) is 6.60. The van der Waals surface area contributed by atoms with E-state index >= 15 is 0 Å². The summed E-state index contributed by atoms with van der Waals surface area (Å²) in [6, 6.07) is 0.234. The first-order valence-electron chi connectivity index (χ1n) is 7.69. The largest absolute Gasteiger partial charge is 0.381 e. The molecule has 1 N–H and O–H groups in total. The summed E-state index contributed by atoms with van der Waals surface area (Å²) in [6.45, 7) is 2.46. The number of hydrogen-bond donors (Lipinski definition) is 1. The molecule has 2 amide bonds. The fourth-order valence-electron chi connectivity index (χ4n) is 3.73. The summed E-state index contributed by atoms with van der Waals surface area (Å²) < 4.78 is 5.41. The van der Waals surface area contributed by atoms with Gasteiger partial charge in [0.05, 0.1) is 6.10 Å². The van der Waals surface area contributed by atoms with Crippen LogP contribution in [-0.4, -0.2) is 48.1 Å². The first kappa shape index (κ1) is 13.9. The van der Waals surface area contributed by atoms with E-state index in [1.165, 1.54) is 0 Å². The van der Waals surface area contributed by atoms with E-state index in [1.807, 2.05) is 11.8 Å². The predicted molar refractivity (Wildman–Crippen MR) is 74.0 cm³/mol. The summed E-state index contributed by atoms with van der Waals surface area (Å²) in [5, 5.41) is 2.98. The van der Waals surface area contributed by atoms with Crippen molar-refractivity contribution in [3.05, 3.63) is 0 Å². The molecule has 2 aliphatic carbocycles. The van der Waals surface area contributed by atoms with Gasteiger partial charge < -0.3 is 15.0 Å². The van der Waals surface area contributed by atoms with E-state index in [0.717, 1.165) is 32.1 Å². The number of amides is 2. The van der Waals surface area contributed by atoms with Crippen molar-refractivity contribution in [1.29, 1.82) is 0 Å². The van der Waals surface area contributed by atoms with Crippen molar-refractivity contribution in [2.45, 2.75) is 63.1 Å². The van der Waals surface area contributed by atoms with E-state index in [9.17, 15) is 9.59 Å². The number of methoxy groups -OCH3 is 1. The number of carbonyl (C=O) groups is 2. The standard InChI is InChI=1S/C15H24N2O3/c1-15(10-3-4-10)14(19)17(8-7-13(18)16-15)11-5-6-12(9-11)20-2/h10-12H,3-9H2,1-2H3,(H,16,18). The Morgan fingerprint density at radius 1 is 1.25 bits per heavy atom. The van der Waals surface area contributed by atoms with Crippen molar-refractivity contribution in [1.82, 2.24) is 10.2 Å². The number of hydrogen-bond acceptors (Lipinski definition) is 3. The van der Waals surface area contributed by atoms with Crippen molar-refractivity contribution in [3.8, 4) is 0 Å². The van der Waals surface area contributed by atoms with Crippen LogP contribution in [0.15, 0.2) is 0 Å². The maximum Gasteiger partial charge on any atom is 0.248 e. The zero-order valence-corrected chi connectivity index (χ0v) is 12.4.